The number of carboxylic acid groups (broad SMARTS) is 1. The van der Waals surface area contributed by atoms with Gasteiger partial charge in [0.25, 0.3) is 5.91 Å². The molecule has 0 saturated carbocycles. The zero-order valence-electron chi connectivity index (χ0n) is 25.4. The molecule has 9 heteroatoms. The standard InChI is InChI=1S/C32H49N5O4/c1-6-9-18-37-22-26(24-10-12-25(13-11-24)30(38)35-29(23(4)5)31(39)40)21-33-32(37)34-27-14-16-28(17-15-27)41-20-19-36(7-2)8-3/h10-17,23,26,29,32-34H,6-9,18-22H2,1-5H3,(H,35,38)(H,39,40)/t26?,29-,32?/m0/s1. The minimum atomic E-state index is -1.02. The van der Waals surface area contributed by atoms with Gasteiger partial charge in [0.2, 0.25) is 0 Å². The van der Waals surface area contributed by atoms with Crippen LogP contribution >= 0.6 is 0 Å². The molecule has 0 aromatic heterocycles. The molecule has 1 amide bonds. The van der Waals surface area contributed by atoms with Gasteiger partial charge in [-0.2, -0.15) is 0 Å². The summed E-state index contributed by atoms with van der Waals surface area (Å²) in [7, 11) is 0. The Morgan fingerprint density at radius 1 is 1.07 bits per heavy atom. The van der Waals surface area contributed by atoms with Gasteiger partial charge in [-0.25, -0.2) is 4.79 Å². The summed E-state index contributed by atoms with van der Waals surface area (Å²) in [6.45, 7) is 16.4. The lowest BCUT2D eigenvalue weighted by molar-refractivity contribution is -0.140. The molecule has 0 spiro atoms. The lowest BCUT2D eigenvalue weighted by Crippen LogP contribution is -2.58. The highest BCUT2D eigenvalue weighted by atomic mass is 16.5. The molecular weight excluding hydrogens is 518 g/mol. The predicted octanol–water partition coefficient (Wildman–Crippen LogP) is 4.43. The molecule has 1 aliphatic heterocycles. The quantitative estimate of drug-likeness (QED) is 0.236. The fourth-order valence-electron chi connectivity index (χ4n) is 5.07. The number of anilines is 1. The summed E-state index contributed by atoms with van der Waals surface area (Å²) in [4.78, 5) is 28.9. The lowest BCUT2D eigenvalue weighted by atomic mass is 9.95. The van der Waals surface area contributed by atoms with E-state index in [0.29, 0.717) is 12.2 Å². The molecule has 2 unspecified atom stereocenters. The topological polar surface area (TPSA) is 106 Å². The maximum atomic E-state index is 12.7. The van der Waals surface area contributed by atoms with Crippen LogP contribution in [0.2, 0.25) is 0 Å². The number of hydrogen-bond donors (Lipinski definition) is 4. The molecule has 2 aromatic carbocycles. The average Bonchev–Trinajstić information content (AvgIpc) is 2.98. The number of carbonyl (C=O) groups is 2. The number of rotatable bonds is 16. The number of benzene rings is 2. The van der Waals surface area contributed by atoms with E-state index in [1.807, 2.05) is 24.3 Å². The van der Waals surface area contributed by atoms with Crippen molar-refractivity contribution in [3.63, 3.8) is 0 Å². The Balaban J connectivity index is 1.58. The average molecular weight is 568 g/mol. The first-order chi connectivity index (χ1) is 19.7. The molecule has 2 aromatic rings. The van der Waals surface area contributed by atoms with Crippen molar-refractivity contribution in [2.75, 3.05) is 51.2 Å². The maximum absolute atomic E-state index is 12.7. The SMILES string of the molecule is CCCCN1CC(c2ccc(C(=O)N[C@H](C(=O)O)C(C)C)cc2)CNC1Nc1ccc(OCCN(CC)CC)cc1. The van der Waals surface area contributed by atoms with Crippen LogP contribution in [0.1, 0.15) is 69.3 Å². The van der Waals surface area contributed by atoms with E-state index in [1.54, 1.807) is 26.0 Å². The van der Waals surface area contributed by atoms with Crippen molar-refractivity contribution in [3.05, 3.63) is 59.7 Å². The first-order valence-corrected chi connectivity index (χ1v) is 15.1. The third-order valence-corrected chi connectivity index (χ3v) is 7.77. The predicted molar refractivity (Wildman–Crippen MR) is 165 cm³/mol. The Bertz CT molecular complexity index is 1070. The molecule has 1 aliphatic rings. The summed E-state index contributed by atoms with van der Waals surface area (Å²) in [5.41, 5.74) is 2.65. The van der Waals surface area contributed by atoms with Gasteiger partial charge in [0.1, 0.15) is 24.7 Å². The molecule has 0 aliphatic carbocycles. The van der Waals surface area contributed by atoms with Crippen molar-refractivity contribution < 1.29 is 19.4 Å². The fraction of sp³-hybridized carbons (Fsp3) is 0.562. The van der Waals surface area contributed by atoms with Crippen molar-refractivity contribution >= 4 is 17.6 Å². The van der Waals surface area contributed by atoms with Crippen LogP contribution in [0.15, 0.2) is 48.5 Å². The van der Waals surface area contributed by atoms with Crippen molar-refractivity contribution in [2.24, 2.45) is 5.92 Å². The van der Waals surface area contributed by atoms with Crippen LogP contribution in [0.3, 0.4) is 0 Å². The molecule has 1 heterocycles. The minimum Gasteiger partial charge on any atom is -0.492 e. The molecule has 3 rings (SSSR count). The van der Waals surface area contributed by atoms with Gasteiger partial charge < -0.3 is 25.4 Å². The van der Waals surface area contributed by atoms with Crippen LogP contribution in [0.5, 0.6) is 5.75 Å². The van der Waals surface area contributed by atoms with Gasteiger partial charge >= 0.3 is 5.97 Å². The number of likely N-dealkylation sites (N-methyl/N-ethyl adjacent to an activating group) is 1. The highest BCUT2D eigenvalue weighted by molar-refractivity contribution is 5.96. The number of carbonyl (C=O) groups excluding carboxylic acids is 1. The van der Waals surface area contributed by atoms with E-state index in [9.17, 15) is 14.7 Å². The molecule has 1 saturated heterocycles. The number of ether oxygens (including phenoxy) is 1. The van der Waals surface area contributed by atoms with E-state index in [4.69, 9.17) is 4.74 Å². The third kappa shape index (κ3) is 9.73. The summed E-state index contributed by atoms with van der Waals surface area (Å²) < 4.78 is 5.94. The number of nitrogens with zero attached hydrogens (tertiary/aromatic N) is 2. The third-order valence-electron chi connectivity index (χ3n) is 7.77. The molecule has 226 valence electrons. The first kappa shape index (κ1) is 32.4. The van der Waals surface area contributed by atoms with Crippen LogP contribution in [-0.2, 0) is 4.79 Å². The van der Waals surface area contributed by atoms with Gasteiger partial charge in [-0.1, -0.05) is 53.2 Å². The Morgan fingerprint density at radius 2 is 1.76 bits per heavy atom. The van der Waals surface area contributed by atoms with Gasteiger partial charge in [-0.15, -0.1) is 0 Å². The van der Waals surface area contributed by atoms with E-state index in [2.05, 4.69) is 58.7 Å². The van der Waals surface area contributed by atoms with E-state index in [1.165, 1.54) is 0 Å². The number of unbranched alkanes of at least 4 members (excludes halogenated alkanes) is 1. The monoisotopic (exact) mass is 567 g/mol. The van der Waals surface area contributed by atoms with Gasteiger partial charge in [-0.3, -0.25) is 15.0 Å². The Morgan fingerprint density at radius 3 is 2.34 bits per heavy atom. The molecule has 41 heavy (non-hydrogen) atoms. The van der Waals surface area contributed by atoms with Crippen LogP contribution in [0.25, 0.3) is 0 Å². The number of aliphatic carboxylic acids is 1. The molecule has 9 nitrogen and oxygen atoms in total. The number of hydrogen-bond acceptors (Lipinski definition) is 7. The highest BCUT2D eigenvalue weighted by Gasteiger charge is 2.29. The van der Waals surface area contributed by atoms with Gasteiger partial charge in [0.05, 0.1) is 0 Å². The second-order valence-corrected chi connectivity index (χ2v) is 11.1. The minimum absolute atomic E-state index is 0.0151. The highest BCUT2D eigenvalue weighted by Crippen LogP contribution is 2.24. The molecule has 4 N–H and O–H groups in total. The lowest BCUT2D eigenvalue weighted by Gasteiger charge is -2.41. The first-order valence-electron chi connectivity index (χ1n) is 15.1. The van der Waals surface area contributed by atoms with Crippen molar-refractivity contribution in [1.29, 1.82) is 0 Å². The Hall–Kier alpha value is -3.14. The summed E-state index contributed by atoms with van der Waals surface area (Å²) in [6, 6.07) is 14.8. The summed E-state index contributed by atoms with van der Waals surface area (Å²) in [5, 5.41) is 19.3. The van der Waals surface area contributed by atoms with E-state index >= 15 is 0 Å². The van der Waals surface area contributed by atoms with Crippen LogP contribution in [0, 0.1) is 5.92 Å². The number of amides is 1. The zero-order chi connectivity index (χ0) is 29.8. The van der Waals surface area contributed by atoms with Gasteiger partial charge in [0.15, 0.2) is 0 Å². The van der Waals surface area contributed by atoms with Crippen molar-refractivity contribution in [2.45, 2.75) is 65.7 Å². The van der Waals surface area contributed by atoms with E-state index in [0.717, 1.165) is 69.1 Å². The van der Waals surface area contributed by atoms with Crippen molar-refractivity contribution in [3.8, 4) is 5.75 Å². The Kier molecular flexibility index (Phi) is 12.9. The second-order valence-electron chi connectivity index (χ2n) is 11.1. The van der Waals surface area contributed by atoms with Crippen LogP contribution in [-0.4, -0.2) is 85.0 Å². The van der Waals surface area contributed by atoms with Crippen LogP contribution in [0.4, 0.5) is 5.69 Å². The largest absolute Gasteiger partial charge is 0.492 e. The van der Waals surface area contributed by atoms with E-state index in [-0.39, 0.29) is 24.0 Å². The molecule has 3 atom stereocenters. The number of carboxylic acids is 1. The van der Waals surface area contributed by atoms with Gasteiger partial charge in [-0.05, 0) is 67.4 Å². The molecule has 0 radical (unpaired) electrons. The zero-order valence-corrected chi connectivity index (χ0v) is 25.4. The van der Waals surface area contributed by atoms with E-state index < -0.39 is 12.0 Å². The normalized spacial score (nSPS) is 18.3. The van der Waals surface area contributed by atoms with Crippen LogP contribution < -0.4 is 20.7 Å². The van der Waals surface area contributed by atoms with Gasteiger partial charge in [0, 0.05) is 43.3 Å². The van der Waals surface area contributed by atoms with Crippen molar-refractivity contribution in [1.82, 2.24) is 20.4 Å². The number of nitrogens with one attached hydrogen (secondary N) is 3. The summed E-state index contributed by atoms with van der Waals surface area (Å²) >= 11 is 0. The molecule has 1 fully saturated rings. The summed E-state index contributed by atoms with van der Waals surface area (Å²) in [5.74, 6) is -0.445. The second kappa shape index (κ2) is 16.3. The Labute approximate surface area is 245 Å². The summed E-state index contributed by atoms with van der Waals surface area (Å²) in [6.07, 6.45) is 2.23. The smallest absolute Gasteiger partial charge is 0.326 e. The molecular formula is C32H49N5O4. The maximum Gasteiger partial charge on any atom is 0.326 e. The molecule has 0 bridgehead atoms. The fourth-order valence-corrected chi connectivity index (χ4v) is 5.07.